The zero-order valence-electron chi connectivity index (χ0n) is 10.2. The van der Waals surface area contributed by atoms with Crippen LogP contribution in [0.4, 0.5) is 0 Å². The van der Waals surface area contributed by atoms with E-state index in [2.05, 4.69) is 35.2 Å². The molecule has 1 saturated heterocycles. The molecular weight excluding hydrogens is 212 g/mol. The van der Waals surface area contributed by atoms with E-state index in [0.717, 1.165) is 26.2 Å². The molecule has 0 N–H and O–H groups in total. The molecule has 0 spiro atoms. The number of hydrogen-bond donors (Lipinski definition) is 0. The molecule has 0 radical (unpaired) electrons. The Bertz CT molecular complexity index is 385. The summed E-state index contributed by atoms with van der Waals surface area (Å²) in [6.07, 6.45) is 0.0532. The van der Waals surface area contributed by atoms with Crippen LogP contribution in [-0.4, -0.2) is 30.7 Å². The van der Waals surface area contributed by atoms with Gasteiger partial charge in [0, 0.05) is 19.6 Å². The Kier molecular flexibility index (Phi) is 4.13. The van der Waals surface area contributed by atoms with Gasteiger partial charge in [-0.1, -0.05) is 30.3 Å². The normalized spacial score (nSPS) is 22.9. The van der Waals surface area contributed by atoms with Crippen molar-refractivity contribution in [3.63, 3.8) is 0 Å². The first kappa shape index (κ1) is 12.1. The monoisotopic (exact) mass is 230 g/mol. The van der Waals surface area contributed by atoms with Gasteiger partial charge in [-0.2, -0.15) is 5.26 Å². The standard InChI is InChI=1S/C14H18N2O/c1-12(9-15)14-11-16(7-8-17-14)10-13-5-3-2-4-6-13/h2-6,12,14H,7-8,10-11H2,1H3. The van der Waals surface area contributed by atoms with Crippen LogP contribution in [0.3, 0.4) is 0 Å². The van der Waals surface area contributed by atoms with Crippen LogP contribution in [0.2, 0.25) is 0 Å². The van der Waals surface area contributed by atoms with E-state index in [-0.39, 0.29) is 12.0 Å². The van der Waals surface area contributed by atoms with E-state index >= 15 is 0 Å². The molecule has 0 bridgehead atoms. The molecule has 1 aromatic rings. The first-order valence-corrected chi connectivity index (χ1v) is 6.07. The molecule has 3 heteroatoms. The van der Waals surface area contributed by atoms with Crippen LogP contribution in [0.1, 0.15) is 12.5 Å². The predicted molar refractivity (Wildman–Crippen MR) is 66.2 cm³/mol. The summed E-state index contributed by atoms with van der Waals surface area (Å²) < 4.78 is 5.63. The average Bonchev–Trinajstić information content (AvgIpc) is 2.39. The molecule has 1 aliphatic heterocycles. The summed E-state index contributed by atoms with van der Waals surface area (Å²) in [5, 5.41) is 8.91. The van der Waals surface area contributed by atoms with Crippen molar-refractivity contribution in [2.24, 2.45) is 5.92 Å². The van der Waals surface area contributed by atoms with Gasteiger partial charge in [0.2, 0.25) is 0 Å². The summed E-state index contributed by atoms with van der Waals surface area (Å²) in [6, 6.07) is 12.7. The van der Waals surface area contributed by atoms with Crippen LogP contribution in [-0.2, 0) is 11.3 Å². The van der Waals surface area contributed by atoms with Crippen molar-refractivity contribution in [3.05, 3.63) is 35.9 Å². The van der Waals surface area contributed by atoms with Crippen molar-refractivity contribution < 1.29 is 4.74 Å². The summed E-state index contributed by atoms with van der Waals surface area (Å²) >= 11 is 0. The summed E-state index contributed by atoms with van der Waals surface area (Å²) in [5.41, 5.74) is 1.32. The molecule has 0 saturated carbocycles. The average molecular weight is 230 g/mol. The Morgan fingerprint density at radius 1 is 1.47 bits per heavy atom. The Hall–Kier alpha value is -1.37. The zero-order chi connectivity index (χ0) is 12.1. The molecule has 2 rings (SSSR count). The highest BCUT2D eigenvalue weighted by Gasteiger charge is 2.25. The lowest BCUT2D eigenvalue weighted by molar-refractivity contribution is -0.0463. The van der Waals surface area contributed by atoms with Crippen LogP contribution >= 0.6 is 0 Å². The largest absolute Gasteiger partial charge is 0.374 e. The number of nitriles is 1. The quantitative estimate of drug-likeness (QED) is 0.797. The minimum atomic E-state index is -0.0337. The molecule has 0 amide bonds. The van der Waals surface area contributed by atoms with Crippen LogP contribution in [0.15, 0.2) is 30.3 Å². The van der Waals surface area contributed by atoms with Crippen LogP contribution in [0.25, 0.3) is 0 Å². The smallest absolute Gasteiger partial charge is 0.0857 e. The van der Waals surface area contributed by atoms with Crippen LogP contribution in [0.5, 0.6) is 0 Å². The molecule has 0 aromatic heterocycles. The SMILES string of the molecule is CC(C#N)C1CN(Cc2ccccc2)CCO1. The highest BCUT2D eigenvalue weighted by atomic mass is 16.5. The van der Waals surface area contributed by atoms with Crippen LogP contribution < -0.4 is 0 Å². The minimum Gasteiger partial charge on any atom is -0.374 e. The first-order valence-electron chi connectivity index (χ1n) is 6.07. The van der Waals surface area contributed by atoms with E-state index in [4.69, 9.17) is 10.00 Å². The second-order valence-electron chi connectivity index (χ2n) is 4.55. The maximum atomic E-state index is 8.91. The third-order valence-electron chi connectivity index (χ3n) is 3.19. The lowest BCUT2D eigenvalue weighted by atomic mass is 10.0. The maximum Gasteiger partial charge on any atom is 0.0857 e. The topological polar surface area (TPSA) is 36.3 Å². The molecule has 2 unspecified atom stereocenters. The Balaban J connectivity index is 1.92. The Labute approximate surface area is 103 Å². The lowest BCUT2D eigenvalue weighted by Gasteiger charge is -2.34. The molecule has 1 aliphatic rings. The van der Waals surface area contributed by atoms with Gasteiger partial charge < -0.3 is 4.74 Å². The van der Waals surface area contributed by atoms with E-state index in [1.165, 1.54) is 5.56 Å². The van der Waals surface area contributed by atoms with E-state index < -0.39 is 0 Å². The van der Waals surface area contributed by atoms with Gasteiger partial charge >= 0.3 is 0 Å². The van der Waals surface area contributed by atoms with Gasteiger partial charge in [0.15, 0.2) is 0 Å². The van der Waals surface area contributed by atoms with E-state index in [1.54, 1.807) is 0 Å². The van der Waals surface area contributed by atoms with Crippen molar-refractivity contribution >= 4 is 0 Å². The van der Waals surface area contributed by atoms with E-state index in [1.807, 2.05) is 13.0 Å². The van der Waals surface area contributed by atoms with Crippen molar-refractivity contribution in [1.29, 1.82) is 5.26 Å². The number of hydrogen-bond acceptors (Lipinski definition) is 3. The van der Waals surface area contributed by atoms with Gasteiger partial charge in [0.1, 0.15) is 0 Å². The third-order valence-corrected chi connectivity index (χ3v) is 3.19. The molecule has 0 aliphatic carbocycles. The Morgan fingerprint density at radius 3 is 2.94 bits per heavy atom. The molecular formula is C14H18N2O. The highest BCUT2D eigenvalue weighted by Crippen LogP contribution is 2.15. The molecule has 1 fully saturated rings. The predicted octanol–water partition coefficient (Wildman–Crippen LogP) is 2.05. The number of ether oxygens (including phenoxy) is 1. The van der Waals surface area contributed by atoms with Gasteiger partial charge in [-0.15, -0.1) is 0 Å². The number of rotatable bonds is 3. The first-order chi connectivity index (χ1) is 8.29. The second kappa shape index (κ2) is 5.81. The van der Waals surface area contributed by atoms with E-state index in [9.17, 15) is 0 Å². The van der Waals surface area contributed by atoms with Gasteiger partial charge in [0.25, 0.3) is 0 Å². The number of nitrogens with zero attached hydrogens (tertiary/aromatic N) is 2. The fourth-order valence-electron chi connectivity index (χ4n) is 2.10. The van der Waals surface area contributed by atoms with Gasteiger partial charge in [-0.05, 0) is 12.5 Å². The Morgan fingerprint density at radius 2 is 2.24 bits per heavy atom. The third kappa shape index (κ3) is 3.29. The fraction of sp³-hybridized carbons (Fsp3) is 0.500. The molecule has 3 nitrogen and oxygen atoms in total. The van der Waals surface area contributed by atoms with Crippen LogP contribution in [0, 0.1) is 17.2 Å². The van der Waals surface area contributed by atoms with Gasteiger partial charge in [0.05, 0.1) is 24.7 Å². The van der Waals surface area contributed by atoms with Gasteiger partial charge in [-0.25, -0.2) is 0 Å². The minimum absolute atomic E-state index is 0.0337. The lowest BCUT2D eigenvalue weighted by Crippen LogP contribution is -2.44. The molecule has 1 aromatic carbocycles. The molecule has 90 valence electrons. The zero-order valence-corrected chi connectivity index (χ0v) is 10.2. The van der Waals surface area contributed by atoms with E-state index in [0.29, 0.717) is 0 Å². The van der Waals surface area contributed by atoms with Gasteiger partial charge in [-0.3, -0.25) is 4.90 Å². The highest BCUT2D eigenvalue weighted by molar-refractivity contribution is 5.14. The van der Waals surface area contributed by atoms with Crippen molar-refractivity contribution in [3.8, 4) is 6.07 Å². The summed E-state index contributed by atoms with van der Waals surface area (Å²) in [4.78, 5) is 2.36. The van der Waals surface area contributed by atoms with Crippen molar-refractivity contribution in [1.82, 2.24) is 4.90 Å². The molecule has 2 atom stereocenters. The molecule has 1 heterocycles. The fourth-order valence-corrected chi connectivity index (χ4v) is 2.10. The van der Waals surface area contributed by atoms with Crippen molar-refractivity contribution in [2.45, 2.75) is 19.6 Å². The molecule has 17 heavy (non-hydrogen) atoms. The second-order valence-corrected chi connectivity index (χ2v) is 4.55. The summed E-state index contributed by atoms with van der Waals surface area (Å²) in [5.74, 6) is -0.0337. The summed E-state index contributed by atoms with van der Waals surface area (Å²) in [7, 11) is 0. The summed E-state index contributed by atoms with van der Waals surface area (Å²) in [6.45, 7) is 5.40. The maximum absolute atomic E-state index is 8.91. The number of benzene rings is 1. The van der Waals surface area contributed by atoms with Crippen molar-refractivity contribution in [2.75, 3.05) is 19.7 Å². The number of morpholine rings is 1.